The predicted octanol–water partition coefficient (Wildman–Crippen LogP) is 3.00. The largest absolute Gasteiger partial charge is 0.385 e. The molecule has 0 radical (unpaired) electrons. The minimum Gasteiger partial charge on any atom is -0.385 e. The number of pyridine rings is 1. The summed E-state index contributed by atoms with van der Waals surface area (Å²) in [6.45, 7) is 3.15. The molecule has 0 aliphatic carbocycles. The molecule has 1 saturated heterocycles. The third-order valence-electron chi connectivity index (χ3n) is 4.85. The molecule has 1 aliphatic heterocycles. The van der Waals surface area contributed by atoms with Gasteiger partial charge in [0.15, 0.2) is 0 Å². The summed E-state index contributed by atoms with van der Waals surface area (Å²) in [4.78, 5) is 12.6. The van der Waals surface area contributed by atoms with Gasteiger partial charge in [0.25, 0.3) is 5.91 Å². The molecule has 1 fully saturated rings. The second-order valence-corrected chi connectivity index (χ2v) is 6.70. The number of carbonyl (C=O) groups excluding carboxylic acids is 1. The maximum Gasteiger partial charge on any atom is 0.259 e. The summed E-state index contributed by atoms with van der Waals surface area (Å²) in [5, 5.41) is 14.1. The van der Waals surface area contributed by atoms with Gasteiger partial charge in [0.2, 0.25) is 0 Å². The van der Waals surface area contributed by atoms with Crippen LogP contribution in [0.3, 0.4) is 0 Å². The van der Waals surface area contributed by atoms with Crippen molar-refractivity contribution in [3.63, 3.8) is 0 Å². The summed E-state index contributed by atoms with van der Waals surface area (Å²) in [5.74, 6) is 0.542. The van der Waals surface area contributed by atoms with Gasteiger partial charge in [-0.15, -0.1) is 0 Å². The molecule has 134 valence electrons. The topological polar surface area (TPSA) is 70.5 Å². The lowest BCUT2D eigenvalue weighted by atomic mass is 9.98. The van der Waals surface area contributed by atoms with Crippen LogP contribution in [0.4, 0.5) is 11.4 Å². The van der Waals surface area contributed by atoms with Crippen LogP contribution in [0.5, 0.6) is 0 Å². The van der Waals surface area contributed by atoms with Crippen molar-refractivity contribution >= 4 is 22.8 Å². The van der Waals surface area contributed by atoms with Gasteiger partial charge >= 0.3 is 0 Å². The predicted molar refractivity (Wildman–Crippen MR) is 104 cm³/mol. The SMILES string of the molecule is O=C(Nc1ccccc1)c1cnn2ccc(NCC3CCNCC3)cc12. The average Bonchev–Trinajstić information content (AvgIpc) is 3.11. The molecule has 1 aromatic carbocycles. The molecule has 4 rings (SSSR count). The third-order valence-corrected chi connectivity index (χ3v) is 4.85. The van der Waals surface area contributed by atoms with E-state index in [0.717, 1.165) is 36.5 Å². The molecule has 1 aliphatic rings. The van der Waals surface area contributed by atoms with Crippen LogP contribution in [0.15, 0.2) is 54.9 Å². The molecule has 1 amide bonds. The number of benzene rings is 1. The fourth-order valence-corrected chi connectivity index (χ4v) is 3.33. The number of carbonyl (C=O) groups is 1. The van der Waals surface area contributed by atoms with E-state index in [4.69, 9.17) is 0 Å². The minimum atomic E-state index is -0.151. The van der Waals surface area contributed by atoms with E-state index >= 15 is 0 Å². The lowest BCUT2D eigenvalue weighted by Crippen LogP contribution is -2.31. The van der Waals surface area contributed by atoms with Gasteiger partial charge < -0.3 is 16.0 Å². The summed E-state index contributed by atoms with van der Waals surface area (Å²) < 4.78 is 1.73. The third kappa shape index (κ3) is 3.70. The van der Waals surface area contributed by atoms with E-state index in [0.29, 0.717) is 11.5 Å². The Hall–Kier alpha value is -2.86. The van der Waals surface area contributed by atoms with Crippen LogP contribution in [-0.4, -0.2) is 35.2 Å². The quantitative estimate of drug-likeness (QED) is 0.662. The highest BCUT2D eigenvalue weighted by Crippen LogP contribution is 2.19. The summed E-state index contributed by atoms with van der Waals surface area (Å²) in [5.41, 5.74) is 3.16. The van der Waals surface area contributed by atoms with Crippen LogP contribution in [-0.2, 0) is 0 Å². The zero-order chi connectivity index (χ0) is 17.8. The summed E-state index contributed by atoms with van der Waals surface area (Å²) in [6, 6.07) is 13.5. The maximum atomic E-state index is 12.6. The zero-order valence-electron chi connectivity index (χ0n) is 14.6. The summed E-state index contributed by atoms with van der Waals surface area (Å²) >= 11 is 0. The van der Waals surface area contributed by atoms with Crippen LogP contribution < -0.4 is 16.0 Å². The van der Waals surface area contributed by atoms with Crippen LogP contribution in [0, 0.1) is 5.92 Å². The van der Waals surface area contributed by atoms with E-state index in [2.05, 4.69) is 21.0 Å². The number of hydrogen-bond donors (Lipinski definition) is 3. The fourth-order valence-electron chi connectivity index (χ4n) is 3.33. The molecule has 3 heterocycles. The van der Waals surface area contributed by atoms with E-state index in [1.165, 1.54) is 12.8 Å². The Kier molecular flexibility index (Phi) is 4.84. The van der Waals surface area contributed by atoms with Crippen LogP contribution in [0.2, 0.25) is 0 Å². The summed E-state index contributed by atoms with van der Waals surface area (Å²) in [6.07, 6.45) is 5.91. The Bertz CT molecular complexity index is 884. The average molecular weight is 349 g/mol. The number of nitrogens with zero attached hydrogens (tertiary/aromatic N) is 2. The number of para-hydroxylation sites is 1. The normalized spacial score (nSPS) is 15.1. The fraction of sp³-hybridized carbons (Fsp3) is 0.300. The van der Waals surface area contributed by atoms with Gasteiger partial charge in [-0.1, -0.05) is 18.2 Å². The molecule has 26 heavy (non-hydrogen) atoms. The molecule has 0 unspecified atom stereocenters. The first-order valence-electron chi connectivity index (χ1n) is 9.08. The number of aromatic nitrogens is 2. The van der Waals surface area contributed by atoms with Crippen molar-refractivity contribution in [1.29, 1.82) is 0 Å². The van der Waals surface area contributed by atoms with Gasteiger partial charge in [0.05, 0.1) is 17.3 Å². The zero-order valence-corrected chi connectivity index (χ0v) is 14.6. The van der Waals surface area contributed by atoms with Crippen molar-refractivity contribution in [3.8, 4) is 0 Å². The van der Waals surface area contributed by atoms with Crippen molar-refractivity contribution in [3.05, 3.63) is 60.4 Å². The first-order chi connectivity index (χ1) is 12.8. The molecular formula is C20H23N5O. The maximum absolute atomic E-state index is 12.6. The highest BCUT2D eigenvalue weighted by Gasteiger charge is 2.15. The van der Waals surface area contributed by atoms with Crippen LogP contribution in [0.1, 0.15) is 23.2 Å². The lowest BCUT2D eigenvalue weighted by Gasteiger charge is -2.23. The Labute approximate surface area is 152 Å². The molecule has 0 spiro atoms. The lowest BCUT2D eigenvalue weighted by molar-refractivity contribution is 0.102. The van der Waals surface area contributed by atoms with E-state index in [-0.39, 0.29) is 5.91 Å². The molecular weight excluding hydrogens is 326 g/mol. The Balaban J connectivity index is 1.49. The van der Waals surface area contributed by atoms with Crippen LogP contribution in [0.25, 0.3) is 5.52 Å². The highest BCUT2D eigenvalue weighted by atomic mass is 16.1. The van der Waals surface area contributed by atoms with Crippen molar-refractivity contribution in [1.82, 2.24) is 14.9 Å². The number of piperidine rings is 1. The summed E-state index contributed by atoms with van der Waals surface area (Å²) in [7, 11) is 0. The van der Waals surface area contributed by atoms with Crippen molar-refractivity contribution < 1.29 is 4.79 Å². The van der Waals surface area contributed by atoms with E-state index < -0.39 is 0 Å². The molecule has 0 saturated carbocycles. The van der Waals surface area contributed by atoms with E-state index in [1.807, 2.05) is 48.7 Å². The van der Waals surface area contributed by atoms with E-state index in [9.17, 15) is 4.79 Å². The smallest absolute Gasteiger partial charge is 0.259 e. The molecule has 3 N–H and O–H groups in total. The number of amides is 1. The van der Waals surface area contributed by atoms with Gasteiger partial charge in [-0.25, -0.2) is 4.52 Å². The van der Waals surface area contributed by atoms with Crippen LogP contribution >= 0.6 is 0 Å². The monoisotopic (exact) mass is 349 g/mol. The standard InChI is InChI=1S/C20H23N5O/c26-20(24-16-4-2-1-3-5-16)18-14-23-25-11-8-17(12-19(18)25)22-13-15-6-9-21-10-7-15/h1-5,8,11-12,14-15,21-22H,6-7,9-10,13H2,(H,24,26). The molecule has 6 heteroatoms. The van der Waals surface area contributed by atoms with Crippen molar-refractivity contribution in [2.24, 2.45) is 5.92 Å². The first kappa shape index (κ1) is 16.6. The van der Waals surface area contributed by atoms with Gasteiger partial charge in [0.1, 0.15) is 0 Å². The van der Waals surface area contributed by atoms with Gasteiger partial charge in [0, 0.05) is 24.1 Å². The first-order valence-corrected chi connectivity index (χ1v) is 9.08. The molecule has 2 aromatic heterocycles. The number of nitrogens with one attached hydrogen (secondary N) is 3. The molecule has 0 atom stereocenters. The van der Waals surface area contributed by atoms with Gasteiger partial charge in [-0.3, -0.25) is 4.79 Å². The Morgan fingerprint density at radius 1 is 1.15 bits per heavy atom. The molecule has 6 nitrogen and oxygen atoms in total. The number of hydrogen-bond acceptors (Lipinski definition) is 4. The van der Waals surface area contributed by atoms with Crippen molar-refractivity contribution in [2.45, 2.75) is 12.8 Å². The van der Waals surface area contributed by atoms with Gasteiger partial charge in [-0.05, 0) is 56.1 Å². The van der Waals surface area contributed by atoms with E-state index in [1.54, 1.807) is 10.7 Å². The number of fused-ring (bicyclic) bond motifs is 1. The second-order valence-electron chi connectivity index (χ2n) is 6.70. The number of anilines is 2. The Morgan fingerprint density at radius 2 is 1.96 bits per heavy atom. The second kappa shape index (κ2) is 7.58. The molecule has 0 bridgehead atoms. The minimum absolute atomic E-state index is 0.151. The molecule has 3 aromatic rings. The number of rotatable bonds is 5. The van der Waals surface area contributed by atoms with Crippen molar-refractivity contribution in [2.75, 3.05) is 30.3 Å². The highest BCUT2D eigenvalue weighted by molar-refractivity contribution is 6.09. The Morgan fingerprint density at radius 3 is 2.77 bits per heavy atom. The van der Waals surface area contributed by atoms with Gasteiger partial charge in [-0.2, -0.15) is 5.10 Å².